The van der Waals surface area contributed by atoms with Gasteiger partial charge in [-0.15, -0.1) is 0 Å². The van der Waals surface area contributed by atoms with Crippen molar-refractivity contribution in [2.24, 2.45) is 17.8 Å². The molecule has 0 saturated carbocycles. The molecule has 0 radical (unpaired) electrons. The molecule has 7 aromatic rings. The molecule has 0 aliphatic heterocycles. The van der Waals surface area contributed by atoms with Crippen LogP contribution >= 0.6 is 0 Å². The van der Waals surface area contributed by atoms with Crippen molar-refractivity contribution >= 4 is 97.9 Å². The first-order valence-corrected chi connectivity index (χ1v) is 31.6. The quantitative estimate of drug-likeness (QED) is 0.0232. The minimum Gasteiger partial charge on any atom is -0.481 e. The van der Waals surface area contributed by atoms with Crippen molar-refractivity contribution in [3.63, 3.8) is 0 Å². The molecule has 3 heterocycles. The number of esters is 1. The Morgan fingerprint density at radius 2 is 0.840 bits per heavy atom. The number of H-pyrrole nitrogens is 3. The normalized spacial score (nSPS) is 14.6. The van der Waals surface area contributed by atoms with Crippen LogP contribution in [0.3, 0.4) is 0 Å². The standard InChI is InChI=1S/C69H85N11O14/c1-9-38(6)59(66(89)78-57(68(91)92)32-45-36-72-51-26-17-14-23-48(45)51)80-67(90)60(39(7)10-2)79-65(88)56(33-58(82)83)77-61(84)52(27-37(4)5)74-63(86)54(30-43-34-70-49-24-15-12-21-46(43)49)76-64(87)55(31-44-35-71-50-25-16-13-22-47(44)50)75-62(85)53(73-40(8)81)29-41-19-18-20-42(28-41)69(93)94-11-3/h12-26,28,34-39,52-57,59-60,70-72H,9-11,27,29-33H2,1-8H3,(H,73,81)(H,74,86)(H,75,85)(H,76,87)(H,77,84)(H,78,89)(H,79,88)(H,80,90)(H,82,83)(H,91,92)/t38-,39-,52-,53-,54+,55+,56-,57-,59-,60-/m0/s1. The number of carbonyl (C=O) groups excluding carboxylic acids is 9. The van der Waals surface area contributed by atoms with E-state index in [1.807, 2.05) is 54.6 Å². The molecule has 8 amide bonds. The van der Waals surface area contributed by atoms with E-state index in [9.17, 15) is 53.4 Å². The molecular weight excluding hydrogens is 1210 g/mol. The topological polar surface area (TPSA) is 381 Å². The smallest absolute Gasteiger partial charge is 0.338 e. The van der Waals surface area contributed by atoms with Gasteiger partial charge >= 0.3 is 17.9 Å². The Morgan fingerprint density at radius 3 is 1.28 bits per heavy atom. The van der Waals surface area contributed by atoms with E-state index in [2.05, 4.69) is 57.5 Å². The molecule has 4 aromatic carbocycles. The van der Waals surface area contributed by atoms with E-state index in [1.54, 1.807) is 103 Å². The average molecular weight is 1290 g/mol. The second-order valence-corrected chi connectivity index (χ2v) is 24.2. The van der Waals surface area contributed by atoms with Crippen molar-refractivity contribution in [1.82, 2.24) is 57.5 Å². The van der Waals surface area contributed by atoms with Crippen LogP contribution in [0.1, 0.15) is 114 Å². The second-order valence-electron chi connectivity index (χ2n) is 24.2. The summed E-state index contributed by atoms with van der Waals surface area (Å²) in [4.78, 5) is 162. The summed E-state index contributed by atoms with van der Waals surface area (Å²) in [5.74, 6) is -11.7. The Bertz CT molecular complexity index is 3870. The highest BCUT2D eigenvalue weighted by atomic mass is 16.5. The van der Waals surface area contributed by atoms with Crippen LogP contribution in [0.5, 0.6) is 0 Å². The molecule has 94 heavy (non-hydrogen) atoms. The Kier molecular flexibility index (Phi) is 25.2. The number of carbonyl (C=O) groups is 11. The summed E-state index contributed by atoms with van der Waals surface area (Å²) in [6, 6.07) is 16.5. The van der Waals surface area contributed by atoms with Gasteiger partial charge < -0.3 is 72.4 Å². The molecule has 3 aromatic heterocycles. The number of aliphatic carboxylic acids is 2. The van der Waals surface area contributed by atoms with E-state index in [1.165, 1.54) is 13.0 Å². The van der Waals surface area contributed by atoms with Crippen molar-refractivity contribution in [2.45, 2.75) is 155 Å². The minimum atomic E-state index is -1.84. The van der Waals surface area contributed by atoms with E-state index in [-0.39, 0.29) is 50.2 Å². The number of ether oxygens (including phenoxy) is 1. The maximum absolute atomic E-state index is 15.1. The average Bonchev–Trinajstić information content (AvgIpc) is 1.69. The van der Waals surface area contributed by atoms with Crippen LogP contribution in [0, 0.1) is 17.8 Å². The predicted molar refractivity (Wildman–Crippen MR) is 351 cm³/mol. The van der Waals surface area contributed by atoms with Crippen molar-refractivity contribution in [1.29, 1.82) is 0 Å². The molecule has 0 unspecified atom stereocenters. The Labute approximate surface area is 543 Å². The molecule has 0 spiro atoms. The minimum absolute atomic E-state index is 0.0688. The lowest BCUT2D eigenvalue weighted by Gasteiger charge is -2.31. The summed E-state index contributed by atoms with van der Waals surface area (Å²) in [6.45, 7) is 13.4. The number of fused-ring (bicyclic) bond motifs is 3. The van der Waals surface area contributed by atoms with Gasteiger partial charge in [-0.2, -0.15) is 0 Å². The fourth-order valence-corrected chi connectivity index (χ4v) is 11.2. The molecule has 0 fully saturated rings. The highest BCUT2D eigenvalue weighted by molar-refractivity contribution is 6.00. The molecule has 10 atom stereocenters. The van der Waals surface area contributed by atoms with Crippen molar-refractivity contribution in [3.05, 3.63) is 143 Å². The van der Waals surface area contributed by atoms with E-state index < -0.39 is 132 Å². The molecule has 25 heteroatoms. The highest BCUT2D eigenvalue weighted by Crippen LogP contribution is 2.24. The zero-order valence-electron chi connectivity index (χ0n) is 54.0. The maximum atomic E-state index is 15.1. The predicted octanol–water partition coefficient (Wildman–Crippen LogP) is 5.17. The molecule has 7 rings (SSSR count). The third kappa shape index (κ3) is 19.1. The van der Waals surface area contributed by atoms with E-state index in [4.69, 9.17) is 4.74 Å². The number of para-hydroxylation sites is 3. The van der Waals surface area contributed by atoms with Crippen LogP contribution in [0.4, 0.5) is 0 Å². The zero-order valence-corrected chi connectivity index (χ0v) is 54.0. The number of aromatic amines is 3. The van der Waals surface area contributed by atoms with E-state index in [0.29, 0.717) is 46.0 Å². The molecule has 0 saturated heterocycles. The van der Waals surface area contributed by atoms with Gasteiger partial charge in [0.25, 0.3) is 0 Å². The largest absolute Gasteiger partial charge is 0.481 e. The monoisotopic (exact) mass is 1290 g/mol. The fraction of sp³-hybridized carbons (Fsp3) is 0.406. The number of benzene rings is 4. The van der Waals surface area contributed by atoms with Crippen LogP contribution in [-0.4, -0.2) is 145 Å². The lowest BCUT2D eigenvalue weighted by Crippen LogP contribution is -2.62. The summed E-state index contributed by atoms with van der Waals surface area (Å²) in [7, 11) is 0. The number of hydrogen-bond acceptors (Lipinski definition) is 12. The summed E-state index contributed by atoms with van der Waals surface area (Å²) < 4.78 is 5.17. The molecule has 25 nitrogen and oxygen atoms in total. The lowest BCUT2D eigenvalue weighted by atomic mass is 9.94. The molecule has 500 valence electrons. The third-order valence-electron chi connectivity index (χ3n) is 16.7. The zero-order chi connectivity index (χ0) is 68.3. The van der Waals surface area contributed by atoms with Crippen molar-refractivity contribution in [2.75, 3.05) is 6.61 Å². The number of aromatic nitrogens is 3. The van der Waals surface area contributed by atoms with Gasteiger partial charge in [0.15, 0.2) is 0 Å². The Morgan fingerprint density at radius 1 is 0.447 bits per heavy atom. The first kappa shape index (κ1) is 71.1. The number of carboxylic acid groups (broad SMARTS) is 2. The highest BCUT2D eigenvalue weighted by Gasteiger charge is 2.38. The number of hydrogen-bond donors (Lipinski definition) is 13. The van der Waals surface area contributed by atoms with Crippen LogP contribution in [-0.2, 0) is 78.4 Å². The van der Waals surface area contributed by atoms with Crippen molar-refractivity contribution < 1.29 is 67.7 Å². The van der Waals surface area contributed by atoms with Gasteiger partial charge in [0.2, 0.25) is 47.3 Å². The van der Waals surface area contributed by atoms with Crippen LogP contribution in [0.25, 0.3) is 32.7 Å². The third-order valence-corrected chi connectivity index (χ3v) is 16.7. The van der Waals surface area contributed by atoms with Crippen LogP contribution < -0.4 is 42.5 Å². The number of rotatable bonds is 34. The molecular formula is C69H85N11O14. The first-order valence-electron chi connectivity index (χ1n) is 31.6. The van der Waals surface area contributed by atoms with Crippen LogP contribution in [0.2, 0.25) is 0 Å². The van der Waals surface area contributed by atoms with Gasteiger partial charge in [-0.3, -0.25) is 43.2 Å². The summed E-state index contributed by atoms with van der Waals surface area (Å²) >= 11 is 0. The SMILES string of the molecule is CCOC(=O)c1cccc(C[C@H](NC(C)=O)C(=O)N[C@H](Cc2c[nH]c3ccccc23)C(=O)N[C@H](Cc2c[nH]c3ccccc23)C(=O)N[C@@H](CC(C)C)C(=O)N[C@@H](CC(=O)O)C(=O)N[C@H](C(=O)N[C@H](C(=O)N[C@@H](Cc2c[nH]c3ccccc23)C(=O)O)[C@@H](C)CC)[C@@H](C)CC)c1. The van der Waals surface area contributed by atoms with Crippen molar-refractivity contribution in [3.8, 4) is 0 Å². The van der Waals surface area contributed by atoms with Gasteiger partial charge in [0.05, 0.1) is 18.6 Å². The van der Waals surface area contributed by atoms with Crippen LogP contribution in [0.15, 0.2) is 116 Å². The second kappa shape index (κ2) is 33.3. The van der Waals surface area contributed by atoms with E-state index in [0.717, 1.165) is 21.8 Å². The molecule has 0 aliphatic rings. The summed E-state index contributed by atoms with van der Waals surface area (Å²) in [6.07, 6.45) is 4.11. The number of carboxylic acids is 2. The molecule has 13 N–H and O–H groups in total. The number of amides is 8. The maximum Gasteiger partial charge on any atom is 0.338 e. The van der Waals surface area contributed by atoms with Gasteiger partial charge in [0, 0.05) is 83.9 Å². The molecule has 0 bridgehead atoms. The summed E-state index contributed by atoms with van der Waals surface area (Å²) in [5, 5.41) is 44.1. The fourth-order valence-electron chi connectivity index (χ4n) is 11.2. The first-order chi connectivity index (χ1) is 44.9. The number of nitrogens with one attached hydrogen (secondary N) is 11. The van der Waals surface area contributed by atoms with Gasteiger partial charge in [-0.1, -0.05) is 121 Å². The Balaban J connectivity index is 1.13. The van der Waals surface area contributed by atoms with E-state index >= 15 is 9.59 Å². The van der Waals surface area contributed by atoms with Gasteiger partial charge in [-0.05, 0) is 83.7 Å². The van der Waals surface area contributed by atoms with Gasteiger partial charge in [0.1, 0.15) is 48.3 Å². The van der Waals surface area contributed by atoms with Gasteiger partial charge in [-0.25, -0.2) is 9.59 Å². The Hall–Kier alpha value is -10.3. The molecule has 0 aliphatic carbocycles. The lowest BCUT2D eigenvalue weighted by molar-refractivity contribution is -0.142. The summed E-state index contributed by atoms with van der Waals surface area (Å²) in [5.41, 5.74) is 4.74.